The van der Waals surface area contributed by atoms with Gasteiger partial charge in [0, 0.05) is 13.0 Å². The number of rotatable bonds is 7. The standard InChI is InChI=1S/C26H32N2O6/c1-26(2,3)34-25(31)28-21-12-7-6-10-19(21)16-22(28)24(30)27(17-23(29)33-5)14-13-18-9-8-11-20(15-18)32-4/h6-12,15,22H,13-14,16-17H2,1-5H3/t22-/m1/s1. The third-order valence-electron chi connectivity index (χ3n) is 5.52. The highest BCUT2D eigenvalue weighted by Crippen LogP contribution is 2.34. The number of esters is 1. The van der Waals surface area contributed by atoms with Crippen molar-refractivity contribution in [3.05, 3.63) is 59.7 Å². The fourth-order valence-electron chi connectivity index (χ4n) is 3.91. The zero-order valence-corrected chi connectivity index (χ0v) is 20.4. The minimum absolute atomic E-state index is 0.214. The number of carbonyl (C=O) groups excluding carboxylic acids is 3. The van der Waals surface area contributed by atoms with E-state index in [1.54, 1.807) is 33.9 Å². The quantitative estimate of drug-likeness (QED) is 0.577. The zero-order chi connectivity index (χ0) is 24.9. The molecule has 2 aromatic carbocycles. The predicted octanol–water partition coefficient (Wildman–Crippen LogP) is 3.61. The van der Waals surface area contributed by atoms with Gasteiger partial charge >= 0.3 is 12.1 Å². The van der Waals surface area contributed by atoms with E-state index in [9.17, 15) is 14.4 Å². The third-order valence-corrected chi connectivity index (χ3v) is 5.52. The predicted molar refractivity (Wildman–Crippen MR) is 128 cm³/mol. The fraction of sp³-hybridized carbons (Fsp3) is 0.423. The van der Waals surface area contributed by atoms with Crippen LogP contribution in [0, 0.1) is 0 Å². The van der Waals surface area contributed by atoms with E-state index in [1.807, 2.05) is 42.5 Å². The van der Waals surface area contributed by atoms with Crippen molar-refractivity contribution >= 4 is 23.7 Å². The van der Waals surface area contributed by atoms with Gasteiger partial charge in [0.25, 0.3) is 0 Å². The second-order valence-electron chi connectivity index (χ2n) is 9.14. The summed E-state index contributed by atoms with van der Waals surface area (Å²) in [6.07, 6.45) is 0.249. The number of methoxy groups -OCH3 is 2. The van der Waals surface area contributed by atoms with Crippen LogP contribution in [0.15, 0.2) is 48.5 Å². The minimum atomic E-state index is -0.817. The van der Waals surface area contributed by atoms with Gasteiger partial charge in [-0.2, -0.15) is 0 Å². The Hall–Kier alpha value is -3.55. The van der Waals surface area contributed by atoms with Crippen LogP contribution in [0.5, 0.6) is 5.75 Å². The Bertz CT molecular complexity index is 1050. The van der Waals surface area contributed by atoms with Crippen molar-refractivity contribution in [1.29, 1.82) is 0 Å². The van der Waals surface area contributed by atoms with Crippen molar-refractivity contribution < 1.29 is 28.6 Å². The molecule has 0 saturated carbocycles. The molecule has 1 heterocycles. The smallest absolute Gasteiger partial charge is 0.415 e. The lowest BCUT2D eigenvalue weighted by Crippen LogP contribution is -2.52. The van der Waals surface area contributed by atoms with Crippen molar-refractivity contribution in [3.63, 3.8) is 0 Å². The maximum atomic E-state index is 13.7. The number of para-hydroxylation sites is 1. The van der Waals surface area contributed by atoms with Gasteiger partial charge in [0.15, 0.2) is 0 Å². The summed E-state index contributed by atoms with van der Waals surface area (Å²) in [5.74, 6) is -0.153. The minimum Gasteiger partial charge on any atom is -0.497 e. The molecule has 182 valence electrons. The molecule has 0 spiro atoms. The Labute approximate surface area is 200 Å². The summed E-state index contributed by atoms with van der Waals surface area (Å²) in [5, 5.41) is 0. The molecule has 0 fully saturated rings. The zero-order valence-electron chi connectivity index (χ0n) is 20.4. The first-order valence-corrected chi connectivity index (χ1v) is 11.2. The van der Waals surface area contributed by atoms with Crippen LogP contribution < -0.4 is 9.64 Å². The normalized spacial score (nSPS) is 14.9. The van der Waals surface area contributed by atoms with E-state index in [1.165, 1.54) is 16.9 Å². The maximum absolute atomic E-state index is 13.7. The van der Waals surface area contributed by atoms with Crippen LogP contribution in [0.1, 0.15) is 31.9 Å². The van der Waals surface area contributed by atoms with Crippen LogP contribution in [0.4, 0.5) is 10.5 Å². The van der Waals surface area contributed by atoms with Gasteiger partial charge in [0.05, 0.1) is 19.9 Å². The maximum Gasteiger partial charge on any atom is 0.415 e. The van der Waals surface area contributed by atoms with E-state index in [4.69, 9.17) is 14.2 Å². The number of hydrogen-bond acceptors (Lipinski definition) is 6. The van der Waals surface area contributed by atoms with Crippen LogP contribution in [0.2, 0.25) is 0 Å². The summed E-state index contributed by atoms with van der Waals surface area (Å²) >= 11 is 0. The Morgan fingerprint density at radius 1 is 1.06 bits per heavy atom. The van der Waals surface area contributed by atoms with E-state index in [0.717, 1.165) is 11.1 Å². The molecule has 0 saturated heterocycles. The van der Waals surface area contributed by atoms with Crippen molar-refractivity contribution in [2.75, 3.05) is 32.2 Å². The van der Waals surface area contributed by atoms with Crippen molar-refractivity contribution in [1.82, 2.24) is 4.90 Å². The van der Waals surface area contributed by atoms with E-state index >= 15 is 0 Å². The van der Waals surface area contributed by atoms with Gasteiger partial charge in [0.2, 0.25) is 5.91 Å². The average Bonchev–Trinajstić information content (AvgIpc) is 3.20. The molecule has 0 bridgehead atoms. The van der Waals surface area contributed by atoms with Gasteiger partial charge in [-0.25, -0.2) is 4.79 Å². The Kier molecular flexibility index (Phi) is 7.81. The fourth-order valence-corrected chi connectivity index (χ4v) is 3.91. The molecule has 0 aliphatic carbocycles. The molecule has 3 rings (SSSR count). The summed E-state index contributed by atoms with van der Waals surface area (Å²) in [7, 11) is 2.88. The van der Waals surface area contributed by atoms with Gasteiger partial charge in [-0.05, 0) is 56.5 Å². The molecule has 2 aromatic rings. The summed E-state index contributed by atoms with van der Waals surface area (Å²) in [4.78, 5) is 41.8. The van der Waals surface area contributed by atoms with E-state index < -0.39 is 23.7 Å². The molecule has 1 aliphatic heterocycles. The lowest BCUT2D eigenvalue weighted by atomic mass is 10.1. The second kappa shape index (κ2) is 10.6. The molecular formula is C26H32N2O6. The highest BCUT2D eigenvalue weighted by molar-refractivity contribution is 6.01. The summed E-state index contributed by atoms with van der Waals surface area (Å²) in [6.45, 7) is 5.40. The molecule has 2 amide bonds. The highest BCUT2D eigenvalue weighted by atomic mass is 16.6. The number of ether oxygens (including phenoxy) is 3. The van der Waals surface area contributed by atoms with Crippen LogP contribution in [0.25, 0.3) is 0 Å². The van der Waals surface area contributed by atoms with Crippen LogP contribution >= 0.6 is 0 Å². The molecule has 1 aliphatic rings. The molecular weight excluding hydrogens is 436 g/mol. The molecule has 0 aromatic heterocycles. The number of benzene rings is 2. The van der Waals surface area contributed by atoms with Crippen molar-refractivity contribution in [3.8, 4) is 5.75 Å². The first-order valence-electron chi connectivity index (χ1n) is 11.2. The van der Waals surface area contributed by atoms with Gasteiger partial charge in [-0.3, -0.25) is 14.5 Å². The largest absolute Gasteiger partial charge is 0.497 e. The van der Waals surface area contributed by atoms with E-state index in [2.05, 4.69) is 0 Å². The van der Waals surface area contributed by atoms with Crippen molar-refractivity contribution in [2.24, 2.45) is 0 Å². The number of hydrogen-bond donors (Lipinski definition) is 0. The molecule has 0 radical (unpaired) electrons. The number of nitrogens with zero attached hydrogens (tertiary/aromatic N) is 2. The Balaban J connectivity index is 1.86. The Morgan fingerprint density at radius 3 is 2.47 bits per heavy atom. The van der Waals surface area contributed by atoms with Crippen LogP contribution in [-0.4, -0.2) is 61.8 Å². The summed E-state index contributed by atoms with van der Waals surface area (Å²) < 4.78 is 15.7. The monoisotopic (exact) mass is 468 g/mol. The molecule has 1 atom stereocenters. The molecule has 0 N–H and O–H groups in total. The van der Waals surface area contributed by atoms with Crippen molar-refractivity contribution in [2.45, 2.75) is 45.3 Å². The first-order chi connectivity index (χ1) is 16.1. The number of amides is 2. The lowest BCUT2D eigenvalue weighted by molar-refractivity contribution is -0.147. The second-order valence-corrected chi connectivity index (χ2v) is 9.14. The average molecular weight is 469 g/mol. The number of fused-ring (bicyclic) bond motifs is 1. The van der Waals surface area contributed by atoms with Crippen LogP contribution in [-0.2, 0) is 31.9 Å². The van der Waals surface area contributed by atoms with Gasteiger partial charge in [-0.15, -0.1) is 0 Å². The third kappa shape index (κ3) is 6.07. The Morgan fingerprint density at radius 2 is 1.79 bits per heavy atom. The molecule has 8 nitrogen and oxygen atoms in total. The number of anilines is 1. The summed E-state index contributed by atoms with van der Waals surface area (Å²) in [6, 6.07) is 14.1. The lowest BCUT2D eigenvalue weighted by Gasteiger charge is -2.31. The van der Waals surface area contributed by atoms with Gasteiger partial charge in [-0.1, -0.05) is 30.3 Å². The molecule has 34 heavy (non-hydrogen) atoms. The first kappa shape index (κ1) is 25.1. The van der Waals surface area contributed by atoms with E-state index in [-0.39, 0.29) is 19.0 Å². The van der Waals surface area contributed by atoms with Gasteiger partial charge < -0.3 is 19.1 Å². The van der Waals surface area contributed by atoms with Crippen LogP contribution in [0.3, 0.4) is 0 Å². The SMILES string of the molecule is COC(=O)CN(CCc1cccc(OC)c1)C(=O)[C@H]1Cc2ccccc2N1C(=O)OC(C)(C)C. The molecule has 0 unspecified atom stereocenters. The number of carbonyl (C=O) groups is 3. The molecule has 8 heteroatoms. The highest BCUT2D eigenvalue weighted by Gasteiger charge is 2.42. The topological polar surface area (TPSA) is 85.4 Å². The van der Waals surface area contributed by atoms with Gasteiger partial charge in [0.1, 0.15) is 23.9 Å². The summed E-state index contributed by atoms with van der Waals surface area (Å²) in [5.41, 5.74) is 1.75. The van der Waals surface area contributed by atoms with E-state index in [0.29, 0.717) is 24.3 Å².